The van der Waals surface area contributed by atoms with Crippen molar-refractivity contribution < 1.29 is 33.8 Å². The molecule has 12 heteroatoms. The third-order valence-corrected chi connectivity index (χ3v) is 5.89. The van der Waals surface area contributed by atoms with Gasteiger partial charge in [-0.3, -0.25) is 19.2 Å². The number of halogens is 1. The van der Waals surface area contributed by atoms with E-state index >= 15 is 0 Å². The normalized spacial score (nSPS) is 17.6. The van der Waals surface area contributed by atoms with Crippen molar-refractivity contribution in [1.82, 2.24) is 19.4 Å². The number of imidazole rings is 1. The largest absolute Gasteiger partial charge is 0.505 e. The van der Waals surface area contributed by atoms with Gasteiger partial charge in [0.1, 0.15) is 11.5 Å². The Balaban J connectivity index is 0.00000103. The molecule has 0 saturated carbocycles. The SMILES string of the molecule is NC(=O)C1CCCN(C(=O)c2cn3c(n2)CCN(C(=O)c2ccc(O)c(F)c2)CC3)C1.O=CO. The first-order chi connectivity index (χ1) is 16.2. The summed E-state index contributed by atoms with van der Waals surface area (Å²) in [4.78, 5) is 53.1. The van der Waals surface area contributed by atoms with E-state index in [9.17, 15) is 23.9 Å². The minimum Gasteiger partial charge on any atom is -0.505 e. The predicted octanol–water partition coefficient (Wildman–Crippen LogP) is 0.465. The Labute approximate surface area is 194 Å². The quantitative estimate of drug-likeness (QED) is 0.544. The molecule has 182 valence electrons. The molecule has 1 aromatic heterocycles. The van der Waals surface area contributed by atoms with Gasteiger partial charge in [-0.25, -0.2) is 9.37 Å². The fourth-order valence-electron chi connectivity index (χ4n) is 4.11. The van der Waals surface area contributed by atoms with Gasteiger partial charge in [0, 0.05) is 50.9 Å². The van der Waals surface area contributed by atoms with Gasteiger partial charge in [-0.1, -0.05) is 0 Å². The highest BCUT2D eigenvalue weighted by molar-refractivity contribution is 5.94. The predicted molar refractivity (Wildman–Crippen MR) is 116 cm³/mol. The van der Waals surface area contributed by atoms with Crippen molar-refractivity contribution >= 4 is 24.2 Å². The maximum Gasteiger partial charge on any atom is 0.290 e. The van der Waals surface area contributed by atoms with E-state index in [-0.39, 0.29) is 29.8 Å². The first kappa shape index (κ1) is 24.7. The van der Waals surface area contributed by atoms with Crippen LogP contribution >= 0.6 is 0 Å². The number of nitrogens with zero attached hydrogens (tertiary/aromatic N) is 4. The number of fused-ring (bicyclic) bond motifs is 1. The lowest BCUT2D eigenvalue weighted by Crippen LogP contribution is -2.44. The molecule has 2 aromatic rings. The summed E-state index contributed by atoms with van der Waals surface area (Å²) in [5, 5.41) is 16.2. The highest BCUT2D eigenvalue weighted by Gasteiger charge is 2.30. The van der Waals surface area contributed by atoms with E-state index in [4.69, 9.17) is 15.6 Å². The zero-order chi connectivity index (χ0) is 24.8. The molecule has 3 amide bonds. The standard InChI is InChI=1S/C21H24FN5O4.CH2O2/c22-15-10-13(3-4-17(15)28)20(30)25-7-5-18-24-16(12-26(18)9-8-25)21(31)27-6-1-2-14(11-27)19(23)29;2-1-3/h3-4,10,12,14,28H,1-2,5-9,11H2,(H2,23,29);1H,(H,2,3). The number of piperidine rings is 1. The number of amides is 3. The number of carboxylic acid groups (broad SMARTS) is 1. The summed E-state index contributed by atoms with van der Waals surface area (Å²) in [5.74, 6) is -1.92. The molecule has 2 aliphatic rings. The summed E-state index contributed by atoms with van der Waals surface area (Å²) < 4.78 is 15.5. The third-order valence-electron chi connectivity index (χ3n) is 5.89. The van der Waals surface area contributed by atoms with Crippen molar-refractivity contribution in [2.24, 2.45) is 11.7 Å². The van der Waals surface area contributed by atoms with Crippen LogP contribution in [0.25, 0.3) is 0 Å². The summed E-state index contributed by atoms with van der Waals surface area (Å²) in [7, 11) is 0. The Morgan fingerprint density at radius 2 is 1.85 bits per heavy atom. The first-order valence-electron chi connectivity index (χ1n) is 10.8. The van der Waals surface area contributed by atoms with Crippen molar-refractivity contribution in [3.05, 3.63) is 47.3 Å². The topological polar surface area (TPSA) is 159 Å². The monoisotopic (exact) mass is 475 g/mol. The van der Waals surface area contributed by atoms with E-state index in [1.165, 1.54) is 6.07 Å². The maximum atomic E-state index is 13.6. The van der Waals surface area contributed by atoms with E-state index < -0.39 is 17.5 Å². The number of nitrogens with two attached hydrogens (primary N) is 1. The van der Waals surface area contributed by atoms with Gasteiger partial charge in [-0.15, -0.1) is 0 Å². The lowest BCUT2D eigenvalue weighted by molar-refractivity contribution is -0.123. The van der Waals surface area contributed by atoms with Crippen LogP contribution in [0.5, 0.6) is 5.75 Å². The molecule has 0 aliphatic carbocycles. The average Bonchev–Trinajstić information content (AvgIpc) is 3.13. The van der Waals surface area contributed by atoms with Crippen LogP contribution in [-0.4, -0.2) is 79.9 Å². The molecule has 0 spiro atoms. The number of likely N-dealkylation sites (tertiary alicyclic amines) is 1. The van der Waals surface area contributed by atoms with Crippen LogP contribution in [0.1, 0.15) is 39.5 Å². The van der Waals surface area contributed by atoms with Gasteiger partial charge in [0.05, 0.1) is 5.92 Å². The minimum absolute atomic E-state index is 0.166. The molecular weight excluding hydrogens is 449 g/mol. The smallest absolute Gasteiger partial charge is 0.290 e. The molecule has 0 radical (unpaired) electrons. The van der Waals surface area contributed by atoms with Gasteiger partial charge in [0.15, 0.2) is 11.6 Å². The molecule has 3 heterocycles. The number of carbonyl (C=O) groups excluding carboxylic acids is 3. The van der Waals surface area contributed by atoms with Gasteiger partial charge in [0.2, 0.25) is 5.91 Å². The summed E-state index contributed by atoms with van der Waals surface area (Å²) in [6.45, 7) is 1.83. The van der Waals surface area contributed by atoms with Gasteiger partial charge < -0.3 is 30.3 Å². The fraction of sp³-hybridized carbons (Fsp3) is 0.409. The number of phenols is 1. The second kappa shape index (κ2) is 10.8. The highest BCUT2D eigenvalue weighted by Crippen LogP contribution is 2.21. The maximum absolute atomic E-state index is 13.6. The van der Waals surface area contributed by atoms with E-state index in [0.29, 0.717) is 57.1 Å². The third kappa shape index (κ3) is 5.50. The summed E-state index contributed by atoms with van der Waals surface area (Å²) >= 11 is 0. The lowest BCUT2D eigenvalue weighted by atomic mass is 9.97. The van der Waals surface area contributed by atoms with Gasteiger partial charge in [-0.05, 0) is 31.0 Å². The molecule has 11 nitrogen and oxygen atoms in total. The number of rotatable bonds is 3. The number of aromatic nitrogens is 2. The van der Waals surface area contributed by atoms with Crippen LogP contribution in [0.4, 0.5) is 4.39 Å². The number of primary amides is 1. The fourth-order valence-corrected chi connectivity index (χ4v) is 4.11. The van der Waals surface area contributed by atoms with Crippen LogP contribution in [0.3, 0.4) is 0 Å². The van der Waals surface area contributed by atoms with Crippen LogP contribution in [0.2, 0.25) is 0 Å². The van der Waals surface area contributed by atoms with E-state index in [2.05, 4.69) is 4.98 Å². The molecule has 1 saturated heterocycles. The molecule has 2 aliphatic heterocycles. The summed E-state index contributed by atoms with van der Waals surface area (Å²) in [6.07, 6.45) is 3.54. The number of hydrogen-bond donors (Lipinski definition) is 3. The van der Waals surface area contributed by atoms with E-state index in [1.807, 2.05) is 4.57 Å². The van der Waals surface area contributed by atoms with Crippen LogP contribution < -0.4 is 5.73 Å². The Kier molecular flexibility index (Phi) is 7.82. The second-order valence-electron chi connectivity index (χ2n) is 8.04. The number of aromatic hydroxyl groups is 1. The molecule has 4 rings (SSSR count). The molecule has 1 unspecified atom stereocenters. The van der Waals surface area contributed by atoms with Gasteiger partial charge >= 0.3 is 0 Å². The molecule has 1 fully saturated rings. The van der Waals surface area contributed by atoms with Crippen molar-refractivity contribution in [3.8, 4) is 5.75 Å². The van der Waals surface area contributed by atoms with Crippen LogP contribution in [0, 0.1) is 11.7 Å². The minimum atomic E-state index is -0.840. The van der Waals surface area contributed by atoms with Gasteiger partial charge in [0.25, 0.3) is 18.3 Å². The number of phenolic OH excluding ortho intramolecular Hbond substituents is 1. The molecule has 4 N–H and O–H groups in total. The Bertz CT molecular complexity index is 1060. The first-order valence-corrected chi connectivity index (χ1v) is 10.8. The number of benzene rings is 1. The highest BCUT2D eigenvalue weighted by atomic mass is 19.1. The zero-order valence-corrected chi connectivity index (χ0v) is 18.4. The molecule has 1 aromatic carbocycles. The molecule has 0 bridgehead atoms. The van der Waals surface area contributed by atoms with Crippen LogP contribution in [-0.2, 0) is 22.6 Å². The zero-order valence-electron chi connectivity index (χ0n) is 18.4. The molecule has 34 heavy (non-hydrogen) atoms. The Morgan fingerprint density at radius 1 is 1.12 bits per heavy atom. The number of carbonyl (C=O) groups is 4. The lowest BCUT2D eigenvalue weighted by Gasteiger charge is -2.30. The number of hydrogen-bond acceptors (Lipinski definition) is 6. The second-order valence-corrected chi connectivity index (χ2v) is 8.04. The van der Waals surface area contributed by atoms with Gasteiger partial charge in [-0.2, -0.15) is 0 Å². The van der Waals surface area contributed by atoms with Crippen molar-refractivity contribution in [2.45, 2.75) is 25.8 Å². The van der Waals surface area contributed by atoms with Crippen LogP contribution in [0.15, 0.2) is 24.4 Å². The van der Waals surface area contributed by atoms with E-state index in [1.54, 1.807) is 16.0 Å². The van der Waals surface area contributed by atoms with Crippen molar-refractivity contribution in [3.63, 3.8) is 0 Å². The summed E-state index contributed by atoms with van der Waals surface area (Å²) in [6, 6.07) is 3.57. The Morgan fingerprint density at radius 3 is 2.53 bits per heavy atom. The molecular formula is C22H26FN5O6. The average molecular weight is 475 g/mol. The molecule has 1 atom stereocenters. The van der Waals surface area contributed by atoms with Crippen molar-refractivity contribution in [2.75, 3.05) is 26.2 Å². The van der Waals surface area contributed by atoms with Crippen molar-refractivity contribution in [1.29, 1.82) is 0 Å². The van der Waals surface area contributed by atoms with E-state index in [0.717, 1.165) is 18.6 Å². The summed E-state index contributed by atoms with van der Waals surface area (Å²) in [5.41, 5.74) is 5.88. The Hall–Kier alpha value is -3.96.